The van der Waals surface area contributed by atoms with Crippen molar-refractivity contribution in [2.24, 2.45) is 0 Å². The molecule has 0 aromatic heterocycles. The van der Waals surface area contributed by atoms with Crippen LogP contribution in [0.1, 0.15) is 46.9 Å². The fraction of sp³-hybridized carbons (Fsp3) is 0.423. The van der Waals surface area contributed by atoms with E-state index in [0.29, 0.717) is 43.2 Å². The summed E-state index contributed by atoms with van der Waals surface area (Å²) in [5.74, 6) is -1.02. The number of thiocarbonyl (C=S) groups is 1. The summed E-state index contributed by atoms with van der Waals surface area (Å²) in [6, 6.07) is 9.50. The van der Waals surface area contributed by atoms with Crippen LogP contribution in [-0.2, 0) is 9.47 Å². The molecular formula is C26H31N5O6S. The Morgan fingerprint density at radius 1 is 1.00 bits per heavy atom. The van der Waals surface area contributed by atoms with Gasteiger partial charge in [-0.15, -0.1) is 0 Å². The predicted octanol–water partition coefficient (Wildman–Crippen LogP) is 3.73. The number of rotatable bonds is 7. The SMILES string of the molecule is CCOC(=O)c1cc(NC(=S)NC(=O)c2cc([N+](=O)[O-])ccc2N2CCCCC2)ccc1N1CCOCC1. The van der Waals surface area contributed by atoms with Crippen LogP contribution in [0.3, 0.4) is 0 Å². The van der Waals surface area contributed by atoms with Crippen LogP contribution in [0, 0.1) is 10.1 Å². The standard InChI is InChI=1S/C26H31N5O6S/c1-2-37-25(33)21-16-18(6-8-23(21)30-12-14-36-15-13-30)27-26(38)28-24(32)20-17-19(31(34)35)7-9-22(20)29-10-4-3-5-11-29/h6-9,16-17H,2-5,10-15H2,1H3,(H2,27,28,32,38). The largest absolute Gasteiger partial charge is 0.462 e. The number of nitrogens with one attached hydrogen (secondary N) is 2. The number of nitrogens with zero attached hydrogens (tertiary/aromatic N) is 3. The van der Waals surface area contributed by atoms with Gasteiger partial charge < -0.3 is 24.6 Å². The van der Waals surface area contributed by atoms with E-state index in [2.05, 4.69) is 20.4 Å². The number of carbonyl (C=O) groups excluding carboxylic acids is 2. The molecule has 2 N–H and O–H groups in total. The zero-order valence-corrected chi connectivity index (χ0v) is 22.1. The van der Waals surface area contributed by atoms with Crippen LogP contribution in [-0.4, -0.2) is 67.9 Å². The highest BCUT2D eigenvalue weighted by molar-refractivity contribution is 7.80. The van der Waals surface area contributed by atoms with Crippen molar-refractivity contribution in [2.75, 3.05) is 61.1 Å². The molecule has 0 aliphatic carbocycles. The average molecular weight is 542 g/mol. The van der Waals surface area contributed by atoms with Crippen molar-refractivity contribution in [1.29, 1.82) is 0 Å². The van der Waals surface area contributed by atoms with Gasteiger partial charge in [-0.05, 0) is 62.7 Å². The topological polar surface area (TPSA) is 126 Å². The van der Waals surface area contributed by atoms with Gasteiger partial charge in [-0.25, -0.2) is 4.79 Å². The number of nitro benzene ring substituents is 1. The number of carbonyl (C=O) groups is 2. The molecule has 202 valence electrons. The second-order valence-electron chi connectivity index (χ2n) is 8.97. The van der Waals surface area contributed by atoms with Gasteiger partial charge in [0.2, 0.25) is 0 Å². The summed E-state index contributed by atoms with van der Waals surface area (Å²) < 4.78 is 10.7. The number of piperidine rings is 1. The molecule has 0 spiro atoms. The van der Waals surface area contributed by atoms with E-state index in [9.17, 15) is 19.7 Å². The minimum Gasteiger partial charge on any atom is -0.462 e. The first-order valence-corrected chi connectivity index (χ1v) is 13.1. The molecule has 0 saturated carbocycles. The lowest BCUT2D eigenvalue weighted by Gasteiger charge is -2.30. The van der Waals surface area contributed by atoms with Gasteiger partial charge in [-0.3, -0.25) is 20.2 Å². The Balaban J connectivity index is 1.53. The Morgan fingerprint density at radius 2 is 1.66 bits per heavy atom. The summed E-state index contributed by atoms with van der Waals surface area (Å²) >= 11 is 5.38. The van der Waals surface area contributed by atoms with Crippen molar-refractivity contribution in [3.8, 4) is 0 Å². The van der Waals surface area contributed by atoms with Gasteiger partial charge >= 0.3 is 5.97 Å². The highest BCUT2D eigenvalue weighted by Gasteiger charge is 2.24. The quantitative estimate of drug-likeness (QED) is 0.232. The Bertz CT molecular complexity index is 1210. The van der Waals surface area contributed by atoms with Crippen LogP contribution in [0.5, 0.6) is 0 Å². The summed E-state index contributed by atoms with van der Waals surface area (Å²) in [5.41, 5.74) is 2.24. The van der Waals surface area contributed by atoms with Crippen LogP contribution in [0.2, 0.25) is 0 Å². The number of esters is 1. The third-order valence-corrected chi connectivity index (χ3v) is 6.67. The third kappa shape index (κ3) is 6.56. The van der Waals surface area contributed by atoms with Gasteiger partial charge in [0.15, 0.2) is 5.11 Å². The number of hydrogen-bond donors (Lipinski definition) is 2. The number of anilines is 3. The maximum atomic E-state index is 13.2. The molecule has 0 atom stereocenters. The Morgan fingerprint density at radius 3 is 2.34 bits per heavy atom. The van der Waals surface area contributed by atoms with Crippen LogP contribution < -0.4 is 20.4 Å². The van der Waals surface area contributed by atoms with Gasteiger partial charge in [0.05, 0.1) is 47.2 Å². The van der Waals surface area contributed by atoms with Gasteiger partial charge in [0, 0.05) is 44.0 Å². The van der Waals surface area contributed by atoms with E-state index in [-0.39, 0.29) is 23.0 Å². The van der Waals surface area contributed by atoms with Crippen LogP contribution in [0.4, 0.5) is 22.7 Å². The van der Waals surface area contributed by atoms with Gasteiger partial charge in [-0.1, -0.05) is 0 Å². The first kappa shape index (κ1) is 27.3. The summed E-state index contributed by atoms with van der Waals surface area (Å²) in [4.78, 5) is 40.9. The molecule has 2 aromatic carbocycles. The number of benzene rings is 2. The van der Waals surface area contributed by atoms with Crippen molar-refractivity contribution in [3.05, 3.63) is 57.6 Å². The van der Waals surface area contributed by atoms with E-state index in [4.69, 9.17) is 21.7 Å². The number of non-ortho nitro benzene ring substituents is 1. The first-order valence-electron chi connectivity index (χ1n) is 12.7. The highest BCUT2D eigenvalue weighted by atomic mass is 32.1. The molecule has 12 heteroatoms. The predicted molar refractivity (Wildman–Crippen MR) is 148 cm³/mol. The Labute approximate surface area is 226 Å². The lowest BCUT2D eigenvalue weighted by molar-refractivity contribution is -0.384. The number of amides is 1. The molecule has 0 unspecified atom stereocenters. The normalized spacial score (nSPS) is 15.5. The number of morpholine rings is 1. The molecule has 1 amide bonds. The summed E-state index contributed by atoms with van der Waals surface area (Å²) in [6.07, 6.45) is 3.08. The fourth-order valence-corrected chi connectivity index (χ4v) is 4.84. The molecule has 4 rings (SSSR count). The summed E-state index contributed by atoms with van der Waals surface area (Å²) in [7, 11) is 0. The Kier molecular flexibility index (Phi) is 9.08. The lowest BCUT2D eigenvalue weighted by atomic mass is 10.1. The summed E-state index contributed by atoms with van der Waals surface area (Å²) in [5, 5.41) is 17.0. The molecular weight excluding hydrogens is 510 g/mol. The fourth-order valence-electron chi connectivity index (χ4n) is 4.63. The van der Waals surface area contributed by atoms with E-state index in [1.54, 1.807) is 31.2 Å². The van der Waals surface area contributed by atoms with Crippen LogP contribution in [0.25, 0.3) is 0 Å². The molecule has 2 fully saturated rings. The smallest absolute Gasteiger partial charge is 0.340 e. The van der Waals surface area contributed by atoms with E-state index >= 15 is 0 Å². The Hall–Kier alpha value is -3.77. The zero-order chi connectivity index (χ0) is 27.1. The first-order chi connectivity index (χ1) is 18.4. The van der Waals surface area contributed by atoms with Gasteiger partial charge in [0.25, 0.3) is 11.6 Å². The van der Waals surface area contributed by atoms with E-state index in [1.807, 2.05) is 0 Å². The van der Waals surface area contributed by atoms with Crippen molar-refractivity contribution < 1.29 is 24.0 Å². The molecule has 2 heterocycles. The number of hydrogen-bond acceptors (Lipinski definition) is 9. The molecule has 0 radical (unpaired) electrons. The van der Waals surface area contributed by atoms with Crippen LogP contribution in [0.15, 0.2) is 36.4 Å². The third-order valence-electron chi connectivity index (χ3n) is 6.46. The lowest BCUT2D eigenvalue weighted by Crippen LogP contribution is -2.37. The molecule has 2 aliphatic rings. The molecule has 2 saturated heterocycles. The second kappa shape index (κ2) is 12.7. The van der Waals surface area contributed by atoms with E-state index in [0.717, 1.165) is 38.0 Å². The number of ether oxygens (including phenoxy) is 2. The summed E-state index contributed by atoms with van der Waals surface area (Å²) in [6.45, 7) is 5.94. The van der Waals surface area contributed by atoms with Crippen molar-refractivity contribution in [1.82, 2.24) is 5.32 Å². The van der Waals surface area contributed by atoms with Crippen molar-refractivity contribution >= 4 is 52.0 Å². The average Bonchev–Trinajstić information content (AvgIpc) is 2.93. The van der Waals surface area contributed by atoms with Gasteiger partial charge in [0.1, 0.15) is 0 Å². The molecule has 2 aliphatic heterocycles. The minimum atomic E-state index is -0.553. The molecule has 38 heavy (non-hydrogen) atoms. The molecule has 11 nitrogen and oxygen atoms in total. The molecule has 2 aromatic rings. The maximum absolute atomic E-state index is 13.2. The van der Waals surface area contributed by atoms with Gasteiger partial charge in [-0.2, -0.15) is 0 Å². The van der Waals surface area contributed by atoms with E-state index in [1.165, 1.54) is 12.1 Å². The molecule has 0 bridgehead atoms. The number of nitro groups is 1. The second-order valence-corrected chi connectivity index (χ2v) is 9.37. The van der Waals surface area contributed by atoms with Crippen molar-refractivity contribution in [2.45, 2.75) is 26.2 Å². The minimum absolute atomic E-state index is 0.0000293. The van der Waals surface area contributed by atoms with Crippen molar-refractivity contribution in [3.63, 3.8) is 0 Å². The van der Waals surface area contributed by atoms with E-state index < -0.39 is 16.8 Å². The van der Waals surface area contributed by atoms with Crippen LogP contribution >= 0.6 is 12.2 Å². The monoisotopic (exact) mass is 541 g/mol. The zero-order valence-electron chi connectivity index (χ0n) is 21.2. The highest BCUT2D eigenvalue weighted by Crippen LogP contribution is 2.29. The maximum Gasteiger partial charge on any atom is 0.340 e.